The molecule has 0 saturated carbocycles. The summed E-state index contributed by atoms with van der Waals surface area (Å²) in [5.74, 6) is -0.560. The van der Waals surface area contributed by atoms with Crippen LogP contribution in [0.4, 0.5) is 0 Å². The molecule has 0 radical (unpaired) electrons. The summed E-state index contributed by atoms with van der Waals surface area (Å²) in [5.41, 5.74) is 0. The fraction of sp³-hybridized carbons (Fsp3) is 0.529. The van der Waals surface area contributed by atoms with Crippen LogP contribution in [0.15, 0.2) is 35.2 Å². The number of hydrogen-bond acceptors (Lipinski definition) is 4. The summed E-state index contributed by atoms with van der Waals surface area (Å²) in [7, 11) is -2.31. The molecule has 0 spiro atoms. The van der Waals surface area contributed by atoms with E-state index in [1.807, 2.05) is 6.92 Å². The molecule has 1 aliphatic rings. The van der Waals surface area contributed by atoms with Crippen molar-refractivity contribution in [2.75, 3.05) is 33.2 Å². The minimum atomic E-state index is -3.70. The fourth-order valence-corrected chi connectivity index (χ4v) is 4.03. The number of likely N-dealkylation sites (tertiary alicyclic amines) is 1. The van der Waals surface area contributed by atoms with Crippen molar-refractivity contribution in [2.45, 2.75) is 24.7 Å². The normalized spacial score (nSPS) is 18.2. The van der Waals surface area contributed by atoms with Gasteiger partial charge in [0.05, 0.1) is 17.4 Å². The second-order valence-electron chi connectivity index (χ2n) is 6.15. The Morgan fingerprint density at radius 3 is 2.60 bits per heavy atom. The first-order valence-corrected chi connectivity index (χ1v) is 9.87. The van der Waals surface area contributed by atoms with Crippen LogP contribution in [0.2, 0.25) is 0 Å². The maximum atomic E-state index is 12.5. The number of likely N-dealkylation sites (N-methyl/N-ethyl adjacent to an activating group) is 1. The van der Waals surface area contributed by atoms with E-state index in [4.69, 9.17) is 0 Å². The number of benzene rings is 1. The lowest BCUT2D eigenvalue weighted by Crippen LogP contribution is -2.48. The van der Waals surface area contributed by atoms with Gasteiger partial charge in [-0.1, -0.05) is 18.2 Å². The monoisotopic (exact) mass is 367 g/mol. The fourth-order valence-electron chi connectivity index (χ4n) is 2.88. The highest BCUT2D eigenvalue weighted by Gasteiger charge is 2.30. The Labute approximate surface area is 149 Å². The number of carbonyl (C=O) groups is 2. The summed E-state index contributed by atoms with van der Waals surface area (Å²) >= 11 is 0. The Morgan fingerprint density at radius 2 is 1.96 bits per heavy atom. The van der Waals surface area contributed by atoms with Crippen molar-refractivity contribution in [3.05, 3.63) is 30.3 Å². The van der Waals surface area contributed by atoms with Crippen LogP contribution in [0.25, 0.3) is 0 Å². The maximum Gasteiger partial charge on any atom is 0.243 e. The molecule has 25 heavy (non-hydrogen) atoms. The molecular weight excluding hydrogens is 342 g/mol. The zero-order valence-corrected chi connectivity index (χ0v) is 15.5. The number of hydrogen-bond donors (Lipinski definition) is 1. The number of sulfonamides is 1. The predicted molar refractivity (Wildman–Crippen MR) is 94.2 cm³/mol. The zero-order valence-electron chi connectivity index (χ0n) is 14.6. The van der Waals surface area contributed by atoms with Crippen LogP contribution in [0.3, 0.4) is 0 Å². The Morgan fingerprint density at radius 1 is 1.28 bits per heavy atom. The van der Waals surface area contributed by atoms with E-state index < -0.39 is 10.0 Å². The van der Waals surface area contributed by atoms with Gasteiger partial charge in [-0.2, -0.15) is 4.31 Å². The molecule has 1 aliphatic heterocycles. The topological polar surface area (TPSA) is 86.8 Å². The molecule has 1 aromatic rings. The van der Waals surface area contributed by atoms with Crippen LogP contribution in [0.1, 0.15) is 19.8 Å². The lowest BCUT2D eigenvalue weighted by atomic mass is 9.97. The van der Waals surface area contributed by atoms with Crippen molar-refractivity contribution in [1.82, 2.24) is 14.5 Å². The molecule has 0 aromatic heterocycles. The molecule has 2 amide bonds. The van der Waals surface area contributed by atoms with Gasteiger partial charge in [0.25, 0.3) is 0 Å². The van der Waals surface area contributed by atoms with E-state index in [0.29, 0.717) is 19.6 Å². The van der Waals surface area contributed by atoms with Crippen molar-refractivity contribution in [3.8, 4) is 0 Å². The van der Waals surface area contributed by atoms with Crippen molar-refractivity contribution in [3.63, 3.8) is 0 Å². The highest BCUT2D eigenvalue weighted by atomic mass is 32.2. The molecular formula is C17H25N3O4S. The van der Waals surface area contributed by atoms with Crippen molar-refractivity contribution < 1.29 is 18.0 Å². The van der Waals surface area contributed by atoms with E-state index in [1.165, 1.54) is 19.2 Å². The number of nitrogens with zero attached hydrogens (tertiary/aromatic N) is 2. The van der Waals surface area contributed by atoms with Gasteiger partial charge < -0.3 is 10.2 Å². The molecule has 0 unspecified atom stereocenters. The highest BCUT2D eigenvalue weighted by Crippen LogP contribution is 2.18. The quantitative estimate of drug-likeness (QED) is 0.801. The third-order valence-corrected chi connectivity index (χ3v) is 6.12. The summed E-state index contributed by atoms with van der Waals surface area (Å²) in [6.45, 7) is 3.06. The smallest absolute Gasteiger partial charge is 0.243 e. The van der Waals surface area contributed by atoms with E-state index >= 15 is 0 Å². The molecule has 0 bridgehead atoms. The number of rotatable bonds is 6. The van der Waals surface area contributed by atoms with Gasteiger partial charge in [-0.05, 0) is 31.9 Å². The summed E-state index contributed by atoms with van der Waals surface area (Å²) in [4.78, 5) is 26.2. The molecule has 1 N–H and O–H groups in total. The molecule has 7 nitrogen and oxygen atoms in total. The SMILES string of the molecule is CCNC(=O)[C@@H]1CCCN(C(=O)CN(C)S(=O)(=O)c2ccccc2)C1. The molecule has 8 heteroatoms. The number of nitrogens with one attached hydrogen (secondary N) is 1. The third kappa shape index (κ3) is 4.79. The molecule has 2 rings (SSSR count). The van der Waals surface area contributed by atoms with Gasteiger partial charge in [0.2, 0.25) is 21.8 Å². The predicted octanol–water partition coefficient (Wildman–Crippen LogP) is 0.682. The average Bonchev–Trinajstić information content (AvgIpc) is 2.62. The van der Waals surface area contributed by atoms with Gasteiger partial charge >= 0.3 is 0 Å². The van der Waals surface area contributed by atoms with Crippen LogP contribution in [0, 0.1) is 5.92 Å². The number of piperidine rings is 1. The Balaban J connectivity index is 2.00. The Kier molecular flexibility index (Phi) is 6.55. The summed E-state index contributed by atoms with van der Waals surface area (Å²) in [6, 6.07) is 8.03. The molecule has 138 valence electrons. The van der Waals surface area contributed by atoms with Crippen molar-refractivity contribution in [1.29, 1.82) is 0 Å². The van der Waals surface area contributed by atoms with E-state index in [2.05, 4.69) is 5.32 Å². The van der Waals surface area contributed by atoms with Crippen LogP contribution >= 0.6 is 0 Å². The maximum absolute atomic E-state index is 12.5. The summed E-state index contributed by atoms with van der Waals surface area (Å²) < 4.78 is 26.1. The second-order valence-corrected chi connectivity index (χ2v) is 8.19. The lowest BCUT2D eigenvalue weighted by Gasteiger charge is -2.33. The molecule has 1 heterocycles. The van der Waals surface area contributed by atoms with E-state index in [-0.39, 0.29) is 29.2 Å². The number of carbonyl (C=O) groups excluding carboxylic acids is 2. The Bertz CT molecular complexity index is 706. The first-order chi connectivity index (χ1) is 11.9. The first kappa shape index (κ1) is 19.4. The van der Waals surface area contributed by atoms with Crippen LogP contribution in [-0.2, 0) is 19.6 Å². The van der Waals surface area contributed by atoms with Crippen molar-refractivity contribution in [2.24, 2.45) is 5.92 Å². The average molecular weight is 367 g/mol. The molecule has 1 fully saturated rings. The molecule has 1 atom stereocenters. The zero-order chi connectivity index (χ0) is 18.4. The molecule has 1 aromatic carbocycles. The highest BCUT2D eigenvalue weighted by molar-refractivity contribution is 7.89. The van der Waals surface area contributed by atoms with Crippen LogP contribution in [-0.4, -0.2) is 62.7 Å². The lowest BCUT2D eigenvalue weighted by molar-refractivity contribution is -0.135. The first-order valence-electron chi connectivity index (χ1n) is 8.43. The van der Waals surface area contributed by atoms with Gasteiger partial charge in [0, 0.05) is 26.7 Å². The Hall–Kier alpha value is -1.93. The van der Waals surface area contributed by atoms with Gasteiger partial charge in [-0.15, -0.1) is 0 Å². The third-order valence-electron chi connectivity index (χ3n) is 4.31. The number of amides is 2. The molecule has 0 aliphatic carbocycles. The standard InChI is InChI=1S/C17H25N3O4S/c1-3-18-17(22)14-8-7-11-20(12-14)16(21)13-19(2)25(23,24)15-9-5-4-6-10-15/h4-6,9-10,14H,3,7-8,11-13H2,1-2H3,(H,18,22)/t14-/m1/s1. The largest absolute Gasteiger partial charge is 0.356 e. The van der Waals surface area contributed by atoms with Crippen LogP contribution < -0.4 is 5.32 Å². The minimum Gasteiger partial charge on any atom is -0.356 e. The minimum absolute atomic E-state index is 0.0507. The van der Waals surface area contributed by atoms with E-state index in [9.17, 15) is 18.0 Å². The summed E-state index contributed by atoms with van der Waals surface area (Å²) in [5, 5.41) is 2.78. The van der Waals surface area contributed by atoms with Crippen LogP contribution in [0.5, 0.6) is 0 Å². The van der Waals surface area contributed by atoms with Gasteiger partial charge in [0.15, 0.2) is 0 Å². The second kappa shape index (κ2) is 8.44. The van der Waals surface area contributed by atoms with Gasteiger partial charge in [-0.25, -0.2) is 8.42 Å². The van der Waals surface area contributed by atoms with Gasteiger partial charge in [0.1, 0.15) is 0 Å². The van der Waals surface area contributed by atoms with Gasteiger partial charge in [-0.3, -0.25) is 9.59 Å². The molecule has 1 saturated heterocycles. The van der Waals surface area contributed by atoms with E-state index in [1.54, 1.807) is 23.1 Å². The van der Waals surface area contributed by atoms with Crippen molar-refractivity contribution >= 4 is 21.8 Å². The van der Waals surface area contributed by atoms with E-state index in [0.717, 1.165) is 17.1 Å². The summed E-state index contributed by atoms with van der Waals surface area (Å²) in [6.07, 6.45) is 1.48.